The van der Waals surface area contributed by atoms with E-state index in [0.29, 0.717) is 16.7 Å². The van der Waals surface area contributed by atoms with E-state index < -0.39 is 18.4 Å². The molecular formula is C21H19ClN2O6S. The molecule has 0 atom stereocenters. The number of benzene rings is 2. The maximum Gasteiger partial charge on any atom is 0.344 e. The molecule has 1 heterocycles. The molecule has 0 fully saturated rings. The number of hydrogen-bond acceptors (Lipinski definition) is 7. The predicted octanol–water partition coefficient (Wildman–Crippen LogP) is 2.46. The summed E-state index contributed by atoms with van der Waals surface area (Å²) in [6.45, 7) is 1.42. The second kappa shape index (κ2) is 9.32. The quantitative estimate of drug-likeness (QED) is 0.349. The fourth-order valence-corrected chi connectivity index (χ4v) is 3.48. The van der Waals surface area contributed by atoms with Crippen LogP contribution in [0.5, 0.6) is 11.5 Å². The summed E-state index contributed by atoms with van der Waals surface area (Å²) in [4.78, 5) is 38.3. The number of hydrogen-bond donors (Lipinski definition) is 2. The lowest BCUT2D eigenvalue weighted by atomic mass is 10.1. The van der Waals surface area contributed by atoms with Crippen molar-refractivity contribution in [1.29, 1.82) is 0 Å². The number of ketones is 1. The third-order valence-corrected chi connectivity index (χ3v) is 5.14. The largest absolute Gasteiger partial charge is 0.507 e. The topological polar surface area (TPSA) is 119 Å². The Morgan fingerprint density at radius 1 is 1.29 bits per heavy atom. The number of esters is 1. The molecule has 0 bridgehead atoms. The monoisotopic (exact) mass is 462 g/mol. The van der Waals surface area contributed by atoms with Crippen LogP contribution in [-0.2, 0) is 16.1 Å². The number of carbonyl (C=O) groups is 3. The molecular weight excluding hydrogens is 444 g/mol. The van der Waals surface area contributed by atoms with Crippen molar-refractivity contribution in [1.82, 2.24) is 4.90 Å². The van der Waals surface area contributed by atoms with Crippen molar-refractivity contribution in [3.8, 4) is 11.5 Å². The van der Waals surface area contributed by atoms with Crippen LogP contribution in [0.4, 0.5) is 0 Å². The maximum atomic E-state index is 12.7. The summed E-state index contributed by atoms with van der Waals surface area (Å²) in [6.07, 6.45) is 0. The first-order valence-corrected chi connectivity index (χ1v) is 10.1. The fourth-order valence-electron chi connectivity index (χ4n) is 3.14. The van der Waals surface area contributed by atoms with E-state index in [9.17, 15) is 19.5 Å². The van der Waals surface area contributed by atoms with E-state index in [0.717, 1.165) is 6.07 Å². The molecule has 10 heteroatoms. The van der Waals surface area contributed by atoms with Crippen LogP contribution in [0.2, 0.25) is 5.02 Å². The summed E-state index contributed by atoms with van der Waals surface area (Å²) in [5, 5.41) is 10.3. The molecule has 0 unspecified atom stereocenters. The molecule has 3 N–H and O–H groups in total. The number of aromatic hydroxyl groups is 1. The highest BCUT2D eigenvalue weighted by atomic mass is 35.5. The molecule has 1 aliphatic heterocycles. The van der Waals surface area contributed by atoms with E-state index in [-0.39, 0.29) is 52.7 Å². The van der Waals surface area contributed by atoms with Gasteiger partial charge in [-0.15, -0.1) is 0 Å². The highest BCUT2D eigenvalue weighted by Crippen LogP contribution is 2.33. The van der Waals surface area contributed by atoms with Crippen LogP contribution in [-0.4, -0.2) is 52.4 Å². The van der Waals surface area contributed by atoms with Crippen molar-refractivity contribution in [2.45, 2.75) is 13.5 Å². The Morgan fingerprint density at radius 2 is 2.03 bits per heavy atom. The molecule has 31 heavy (non-hydrogen) atoms. The van der Waals surface area contributed by atoms with E-state index in [1.165, 1.54) is 11.0 Å². The van der Waals surface area contributed by atoms with Crippen molar-refractivity contribution in [2.75, 3.05) is 19.8 Å². The number of rotatable bonds is 8. The second-order valence-electron chi connectivity index (χ2n) is 6.71. The number of nitrogens with zero attached hydrogens (tertiary/aromatic N) is 1. The molecule has 3 rings (SSSR count). The zero-order chi connectivity index (χ0) is 22.7. The number of phenolic OH excluding ortho intramolecular Hbond substituents is 1. The van der Waals surface area contributed by atoms with E-state index in [1.807, 2.05) is 0 Å². The number of carbonyl (C=O) groups excluding carboxylic acids is 3. The lowest BCUT2D eigenvalue weighted by Crippen LogP contribution is -2.30. The molecule has 0 aliphatic carbocycles. The van der Waals surface area contributed by atoms with Gasteiger partial charge in [0.25, 0.3) is 5.91 Å². The molecule has 0 aromatic heterocycles. The third-order valence-electron chi connectivity index (χ3n) is 4.60. The van der Waals surface area contributed by atoms with Crippen molar-refractivity contribution >= 4 is 46.5 Å². The van der Waals surface area contributed by atoms with Gasteiger partial charge in [0.2, 0.25) is 0 Å². The molecule has 0 saturated heterocycles. The summed E-state index contributed by atoms with van der Waals surface area (Å²) in [5.74, 6) is -1.76. The van der Waals surface area contributed by atoms with Crippen LogP contribution in [0.15, 0.2) is 30.3 Å². The van der Waals surface area contributed by atoms with Gasteiger partial charge in [-0.2, -0.15) is 0 Å². The second-order valence-corrected chi connectivity index (χ2v) is 7.56. The van der Waals surface area contributed by atoms with Crippen molar-refractivity contribution in [3.05, 3.63) is 57.6 Å². The van der Waals surface area contributed by atoms with Gasteiger partial charge < -0.3 is 25.2 Å². The highest BCUT2D eigenvalue weighted by molar-refractivity contribution is 7.80. The first kappa shape index (κ1) is 22.5. The Hall–Kier alpha value is -3.17. The first-order chi connectivity index (χ1) is 14.7. The van der Waals surface area contributed by atoms with Crippen LogP contribution in [0.1, 0.15) is 38.8 Å². The molecule has 2 aromatic carbocycles. The molecule has 8 nitrogen and oxygen atoms in total. The maximum absolute atomic E-state index is 12.7. The van der Waals surface area contributed by atoms with Gasteiger partial charge in [-0.25, -0.2) is 4.79 Å². The van der Waals surface area contributed by atoms with Gasteiger partial charge in [0, 0.05) is 23.7 Å². The van der Waals surface area contributed by atoms with E-state index in [4.69, 9.17) is 39.0 Å². The van der Waals surface area contributed by atoms with Crippen LogP contribution < -0.4 is 10.5 Å². The fraction of sp³-hybridized carbons (Fsp3) is 0.238. The van der Waals surface area contributed by atoms with Gasteiger partial charge in [-0.1, -0.05) is 29.9 Å². The van der Waals surface area contributed by atoms with Crippen molar-refractivity contribution < 1.29 is 29.0 Å². The van der Waals surface area contributed by atoms with Crippen LogP contribution in [0, 0.1) is 0 Å². The molecule has 0 radical (unpaired) electrons. The summed E-state index contributed by atoms with van der Waals surface area (Å²) >= 11 is 11.1. The Balaban J connectivity index is 1.72. The average molecular weight is 463 g/mol. The molecule has 1 aliphatic rings. The number of Topliss-reactive ketones (excluding diaryl/α,β-unsaturated/α-hetero) is 1. The Morgan fingerprint density at radius 3 is 2.71 bits per heavy atom. The van der Waals surface area contributed by atoms with Crippen LogP contribution >= 0.6 is 23.8 Å². The Bertz CT molecular complexity index is 1090. The zero-order valence-electron chi connectivity index (χ0n) is 16.5. The summed E-state index contributed by atoms with van der Waals surface area (Å²) in [5.41, 5.74) is 7.39. The first-order valence-electron chi connectivity index (χ1n) is 9.27. The molecule has 162 valence electrons. The van der Waals surface area contributed by atoms with E-state index in [2.05, 4.69) is 0 Å². The summed E-state index contributed by atoms with van der Waals surface area (Å²) in [7, 11) is 0. The number of phenols is 1. The highest BCUT2D eigenvalue weighted by Gasteiger charge is 2.30. The van der Waals surface area contributed by atoms with Gasteiger partial charge in [-0.3, -0.25) is 9.59 Å². The zero-order valence-corrected chi connectivity index (χ0v) is 18.1. The molecule has 0 saturated carbocycles. The van der Waals surface area contributed by atoms with Gasteiger partial charge in [0.15, 0.2) is 12.4 Å². The SMILES string of the molecule is CCOC(=O)COc1cc(O)c(C(=O)CN2Cc3cc(C(N)=S)ccc3C2=O)cc1Cl. The van der Waals surface area contributed by atoms with Crippen LogP contribution in [0.25, 0.3) is 0 Å². The minimum atomic E-state index is -0.594. The number of halogens is 1. The molecule has 0 spiro atoms. The number of thiocarbonyl (C=S) groups is 1. The Kier molecular flexibility index (Phi) is 6.77. The van der Waals surface area contributed by atoms with E-state index >= 15 is 0 Å². The van der Waals surface area contributed by atoms with Gasteiger partial charge >= 0.3 is 5.97 Å². The van der Waals surface area contributed by atoms with Crippen molar-refractivity contribution in [2.24, 2.45) is 5.73 Å². The number of ether oxygens (including phenoxy) is 2. The van der Waals surface area contributed by atoms with Crippen LogP contribution in [0.3, 0.4) is 0 Å². The Labute approximate surface area is 188 Å². The summed E-state index contributed by atoms with van der Waals surface area (Å²) < 4.78 is 9.98. The number of nitrogens with two attached hydrogens (primary N) is 1. The lowest BCUT2D eigenvalue weighted by molar-refractivity contribution is -0.145. The molecule has 2 aromatic rings. The lowest BCUT2D eigenvalue weighted by Gasteiger charge is -2.16. The van der Waals surface area contributed by atoms with E-state index in [1.54, 1.807) is 25.1 Å². The normalized spacial score (nSPS) is 12.5. The number of amides is 1. The molecule has 1 amide bonds. The smallest absolute Gasteiger partial charge is 0.344 e. The van der Waals surface area contributed by atoms with Gasteiger partial charge in [0.05, 0.1) is 23.7 Å². The predicted molar refractivity (Wildman–Crippen MR) is 117 cm³/mol. The van der Waals surface area contributed by atoms with Gasteiger partial charge in [0.1, 0.15) is 16.5 Å². The minimum Gasteiger partial charge on any atom is -0.507 e. The minimum absolute atomic E-state index is 0.0266. The number of fused-ring (bicyclic) bond motifs is 1. The summed E-state index contributed by atoms with van der Waals surface area (Å²) in [6, 6.07) is 7.39. The third kappa shape index (κ3) is 4.95. The van der Waals surface area contributed by atoms with Gasteiger partial charge in [-0.05, 0) is 30.7 Å². The van der Waals surface area contributed by atoms with Crippen molar-refractivity contribution in [3.63, 3.8) is 0 Å². The average Bonchev–Trinajstić information content (AvgIpc) is 3.03. The standard InChI is InChI=1S/C21H19ClN2O6S/c1-2-29-19(27)10-30-18-7-16(25)14(6-15(18)22)17(26)9-24-8-12-5-11(20(23)31)3-4-13(12)21(24)28/h3-7,25H,2,8-10H2,1H3,(H2,23,31).